The van der Waals surface area contributed by atoms with E-state index in [0.717, 1.165) is 29.5 Å². The SMILES string of the molecule is COc1cc(C(=O)OC(C)c2cc(F)ccc2F)ccc1OCc1c(C)noc1C. The number of halogens is 2. The smallest absolute Gasteiger partial charge is 0.338 e. The van der Waals surface area contributed by atoms with E-state index in [1.165, 1.54) is 26.2 Å². The van der Waals surface area contributed by atoms with Gasteiger partial charge in [-0.3, -0.25) is 0 Å². The van der Waals surface area contributed by atoms with Crippen molar-refractivity contribution in [3.8, 4) is 11.5 Å². The second-order valence-electron chi connectivity index (χ2n) is 6.67. The molecule has 0 fully saturated rings. The molecule has 0 aliphatic rings. The van der Waals surface area contributed by atoms with Crippen molar-refractivity contribution in [2.24, 2.45) is 0 Å². The number of methoxy groups -OCH3 is 1. The minimum Gasteiger partial charge on any atom is -0.493 e. The number of carbonyl (C=O) groups excluding carboxylic acids is 1. The zero-order valence-corrected chi connectivity index (χ0v) is 17.0. The molecule has 0 saturated carbocycles. The number of benzene rings is 2. The van der Waals surface area contributed by atoms with Crippen LogP contribution in [0.5, 0.6) is 11.5 Å². The molecule has 0 spiro atoms. The van der Waals surface area contributed by atoms with Gasteiger partial charge in [0.2, 0.25) is 0 Å². The van der Waals surface area contributed by atoms with E-state index < -0.39 is 23.7 Å². The van der Waals surface area contributed by atoms with Crippen molar-refractivity contribution in [1.29, 1.82) is 0 Å². The van der Waals surface area contributed by atoms with Gasteiger partial charge in [0.1, 0.15) is 30.1 Å². The molecule has 3 rings (SSSR count). The molecule has 0 N–H and O–H groups in total. The Bertz CT molecular complexity index is 1040. The third-order valence-electron chi connectivity index (χ3n) is 4.63. The van der Waals surface area contributed by atoms with Crippen LogP contribution in [0.25, 0.3) is 0 Å². The van der Waals surface area contributed by atoms with Crippen LogP contribution in [-0.2, 0) is 11.3 Å². The first kappa shape index (κ1) is 21.3. The summed E-state index contributed by atoms with van der Waals surface area (Å²) in [7, 11) is 1.44. The van der Waals surface area contributed by atoms with E-state index >= 15 is 0 Å². The number of rotatable bonds is 7. The highest BCUT2D eigenvalue weighted by Gasteiger charge is 2.19. The summed E-state index contributed by atoms with van der Waals surface area (Å²) in [6, 6.07) is 7.52. The molecule has 0 amide bonds. The number of hydrogen-bond donors (Lipinski definition) is 0. The van der Waals surface area contributed by atoms with Gasteiger partial charge in [0.05, 0.1) is 23.9 Å². The van der Waals surface area contributed by atoms with Crippen LogP contribution in [0.15, 0.2) is 40.9 Å². The van der Waals surface area contributed by atoms with Gasteiger partial charge in [0, 0.05) is 5.56 Å². The van der Waals surface area contributed by atoms with Crippen LogP contribution in [-0.4, -0.2) is 18.2 Å². The molecular formula is C22H21F2NO5. The molecule has 1 atom stereocenters. The molecule has 0 saturated heterocycles. The summed E-state index contributed by atoms with van der Waals surface area (Å²) < 4.78 is 48.8. The first-order valence-corrected chi connectivity index (χ1v) is 9.18. The average molecular weight is 417 g/mol. The normalized spacial score (nSPS) is 11.8. The molecule has 0 radical (unpaired) electrons. The Morgan fingerprint density at radius 3 is 2.57 bits per heavy atom. The van der Waals surface area contributed by atoms with Crippen LogP contribution >= 0.6 is 0 Å². The molecule has 30 heavy (non-hydrogen) atoms. The van der Waals surface area contributed by atoms with Crippen LogP contribution in [0.4, 0.5) is 8.78 Å². The van der Waals surface area contributed by atoms with E-state index in [4.69, 9.17) is 18.7 Å². The first-order valence-electron chi connectivity index (χ1n) is 9.18. The lowest BCUT2D eigenvalue weighted by Gasteiger charge is -2.16. The Morgan fingerprint density at radius 2 is 1.90 bits per heavy atom. The number of nitrogens with zero attached hydrogens (tertiary/aromatic N) is 1. The van der Waals surface area contributed by atoms with Gasteiger partial charge < -0.3 is 18.7 Å². The van der Waals surface area contributed by atoms with Crippen molar-refractivity contribution in [2.45, 2.75) is 33.5 Å². The van der Waals surface area contributed by atoms with Gasteiger partial charge in [0.15, 0.2) is 11.5 Å². The summed E-state index contributed by atoms with van der Waals surface area (Å²) in [5, 5.41) is 3.87. The number of aromatic nitrogens is 1. The maximum atomic E-state index is 13.9. The van der Waals surface area contributed by atoms with Crippen LogP contribution in [0.1, 0.15) is 46.0 Å². The maximum Gasteiger partial charge on any atom is 0.338 e. The van der Waals surface area contributed by atoms with E-state index in [2.05, 4.69) is 5.16 Å². The number of esters is 1. The highest BCUT2D eigenvalue weighted by molar-refractivity contribution is 5.90. The predicted octanol–water partition coefficient (Wildman–Crippen LogP) is 5.08. The second-order valence-corrected chi connectivity index (χ2v) is 6.67. The lowest BCUT2D eigenvalue weighted by molar-refractivity contribution is 0.0330. The molecule has 0 aliphatic heterocycles. The Kier molecular flexibility index (Phi) is 6.34. The van der Waals surface area contributed by atoms with E-state index in [9.17, 15) is 13.6 Å². The highest BCUT2D eigenvalue weighted by Crippen LogP contribution is 2.31. The van der Waals surface area contributed by atoms with E-state index in [1.54, 1.807) is 13.0 Å². The quantitative estimate of drug-likeness (QED) is 0.500. The third-order valence-corrected chi connectivity index (χ3v) is 4.63. The minimum absolute atomic E-state index is 0.0465. The number of ether oxygens (including phenoxy) is 3. The van der Waals surface area contributed by atoms with Gasteiger partial charge in [-0.15, -0.1) is 0 Å². The Hall–Kier alpha value is -3.42. The Balaban J connectivity index is 1.73. The van der Waals surface area contributed by atoms with E-state index in [1.807, 2.05) is 6.92 Å². The lowest BCUT2D eigenvalue weighted by atomic mass is 10.1. The number of aryl methyl sites for hydroxylation is 2. The third kappa shape index (κ3) is 4.59. The molecule has 1 aromatic heterocycles. The molecule has 0 aliphatic carbocycles. The largest absolute Gasteiger partial charge is 0.493 e. The number of hydrogen-bond acceptors (Lipinski definition) is 6. The average Bonchev–Trinajstić information content (AvgIpc) is 3.05. The van der Waals surface area contributed by atoms with Crippen molar-refractivity contribution in [2.75, 3.05) is 7.11 Å². The maximum absolute atomic E-state index is 13.9. The molecule has 3 aromatic rings. The molecular weight excluding hydrogens is 396 g/mol. The van der Waals surface area contributed by atoms with Gasteiger partial charge in [-0.25, -0.2) is 13.6 Å². The summed E-state index contributed by atoms with van der Waals surface area (Å²) in [6.07, 6.45) is -0.977. The summed E-state index contributed by atoms with van der Waals surface area (Å²) in [5.74, 6) is -0.584. The van der Waals surface area contributed by atoms with Crippen molar-refractivity contribution < 1.29 is 32.3 Å². The van der Waals surface area contributed by atoms with Crippen molar-refractivity contribution in [3.05, 3.63) is 76.2 Å². The zero-order valence-electron chi connectivity index (χ0n) is 17.0. The molecule has 2 aromatic carbocycles. The van der Waals surface area contributed by atoms with Crippen molar-refractivity contribution in [1.82, 2.24) is 5.16 Å². The fourth-order valence-corrected chi connectivity index (χ4v) is 2.89. The number of carbonyl (C=O) groups is 1. The second kappa shape index (κ2) is 8.94. The summed E-state index contributed by atoms with van der Waals surface area (Å²) in [4.78, 5) is 12.5. The lowest BCUT2D eigenvalue weighted by Crippen LogP contribution is -2.11. The van der Waals surface area contributed by atoms with Crippen LogP contribution in [0.2, 0.25) is 0 Å². The predicted molar refractivity (Wildman–Crippen MR) is 103 cm³/mol. The zero-order chi connectivity index (χ0) is 21.8. The van der Waals surface area contributed by atoms with Crippen molar-refractivity contribution in [3.63, 3.8) is 0 Å². The first-order chi connectivity index (χ1) is 14.3. The summed E-state index contributed by atoms with van der Waals surface area (Å²) in [6.45, 7) is 5.29. The highest BCUT2D eigenvalue weighted by atomic mass is 19.1. The molecule has 8 heteroatoms. The standard InChI is InChI=1S/C22H21F2NO5/c1-12-18(14(3)30-25-12)11-28-20-8-5-15(9-21(20)27-4)22(26)29-13(2)17-10-16(23)6-7-19(17)24/h5-10,13H,11H2,1-4H3. The molecule has 0 bridgehead atoms. The summed E-state index contributed by atoms with van der Waals surface area (Å²) >= 11 is 0. The van der Waals surface area contributed by atoms with Crippen molar-refractivity contribution >= 4 is 5.97 Å². The van der Waals surface area contributed by atoms with Gasteiger partial charge >= 0.3 is 5.97 Å². The summed E-state index contributed by atoms with van der Waals surface area (Å²) in [5.41, 5.74) is 1.69. The van der Waals surface area contributed by atoms with Gasteiger partial charge in [-0.1, -0.05) is 5.16 Å². The monoisotopic (exact) mass is 417 g/mol. The molecule has 1 unspecified atom stereocenters. The van der Waals surface area contributed by atoms with E-state index in [0.29, 0.717) is 17.3 Å². The van der Waals surface area contributed by atoms with Gasteiger partial charge in [-0.05, 0) is 57.2 Å². The van der Waals surface area contributed by atoms with Crippen LogP contribution < -0.4 is 9.47 Å². The fourth-order valence-electron chi connectivity index (χ4n) is 2.89. The molecule has 6 nitrogen and oxygen atoms in total. The minimum atomic E-state index is -0.977. The van der Waals surface area contributed by atoms with Crippen LogP contribution in [0.3, 0.4) is 0 Å². The molecule has 1 heterocycles. The van der Waals surface area contributed by atoms with E-state index in [-0.39, 0.29) is 17.7 Å². The van der Waals surface area contributed by atoms with Gasteiger partial charge in [-0.2, -0.15) is 0 Å². The van der Waals surface area contributed by atoms with Crippen LogP contribution in [0, 0.1) is 25.5 Å². The molecule has 158 valence electrons. The van der Waals surface area contributed by atoms with Gasteiger partial charge in [0.25, 0.3) is 0 Å². The topological polar surface area (TPSA) is 70.8 Å². The fraction of sp³-hybridized carbons (Fsp3) is 0.273. The Labute approximate surface area is 172 Å². The Morgan fingerprint density at radius 1 is 1.13 bits per heavy atom.